The molecule has 2 aromatic carbocycles. The Labute approximate surface area is 123 Å². The summed E-state index contributed by atoms with van der Waals surface area (Å²) in [7, 11) is 1.61. The molecule has 0 bridgehead atoms. The minimum absolute atomic E-state index is 0.670. The molecule has 0 spiro atoms. The van der Waals surface area contributed by atoms with Crippen LogP contribution in [0.4, 0.5) is 0 Å². The van der Waals surface area contributed by atoms with Crippen molar-refractivity contribution in [1.29, 1.82) is 0 Å². The van der Waals surface area contributed by atoms with Gasteiger partial charge in [0.2, 0.25) is 0 Å². The third kappa shape index (κ3) is 2.36. The molecule has 0 radical (unpaired) electrons. The highest BCUT2D eigenvalue weighted by Crippen LogP contribution is 2.35. The van der Waals surface area contributed by atoms with E-state index in [0.717, 1.165) is 22.0 Å². The molecule has 0 saturated heterocycles. The van der Waals surface area contributed by atoms with Gasteiger partial charge < -0.3 is 9.84 Å². The van der Waals surface area contributed by atoms with Gasteiger partial charge in [-0.05, 0) is 30.7 Å². The van der Waals surface area contributed by atoms with Gasteiger partial charge in [0.15, 0.2) is 0 Å². The van der Waals surface area contributed by atoms with E-state index in [1.807, 2.05) is 54.6 Å². The number of para-hydroxylation sites is 1. The monoisotopic (exact) mass is 279 g/mol. The summed E-state index contributed by atoms with van der Waals surface area (Å²) in [6.45, 7) is 1.77. The summed E-state index contributed by atoms with van der Waals surface area (Å²) in [5.74, 6) is 0.670. The Hall–Kier alpha value is -2.39. The number of hydrogen-bond acceptors (Lipinski definition) is 3. The van der Waals surface area contributed by atoms with Gasteiger partial charge in [0.05, 0.1) is 12.6 Å². The van der Waals surface area contributed by atoms with Crippen molar-refractivity contribution in [1.82, 2.24) is 4.98 Å². The van der Waals surface area contributed by atoms with Crippen LogP contribution in [0.1, 0.15) is 18.1 Å². The van der Waals surface area contributed by atoms with Crippen molar-refractivity contribution in [3.63, 3.8) is 0 Å². The Morgan fingerprint density at radius 2 is 1.86 bits per heavy atom. The van der Waals surface area contributed by atoms with Crippen LogP contribution in [0.25, 0.3) is 10.9 Å². The Balaban J connectivity index is 2.15. The van der Waals surface area contributed by atoms with E-state index >= 15 is 0 Å². The number of pyridine rings is 1. The van der Waals surface area contributed by atoms with Crippen LogP contribution in [-0.4, -0.2) is 17.2 Å². The Bertz CT molecular complexity index is 781. The third-order valence-electron chi connectivity index (χ3n) is 3.80. The molecular weight excluding hydrogens is 262 g/mol. The van der Waals surface area contributed by atoms with E-state index in [9.17, 15) is 5.11 Å². The lowest BCUT2D eigenvalue weighted by atomic mass is 9.87. The van der Waals surface area contributed by atoms with Crippen LogP contribution in [0.5, 0.6) is 5.75 Å². The van der Waals surface area contributed by atoms with Gasteiger partial charge in [-0.3, -0.25) is 4.98 Å². The summed E-state index contributed by atoms with van der Waals surface area (Å²) in [5.41, 5.74) is 1.25. The summed E-state index contributed by atoms with van der Waals surface area (Å²) in [6.07, 6.45) is 1.75. The Morgan fingerprint density at radius 1 is 1.05 bits per heavy atom. The highest BCUT2D eigenvalue weighted by atomic mass is 16.5. The second kappa shape index (κ2) is 5.19. The van der Waals surface area contributed by atoms with Crippen LogP contribution in [0.2, 0.25) is 0 Å². The molecule has 1 unspecified atom stereocenters. The van der Waals surface area contributed by atoms with Crippen LogP contribution in [0, 0.1) is 0 Å². The van der Waals surface area contributed by atoms with E-state index in [1.165, 1.54) is 0 Å². The van der Waals surface area contributed by atoms with Gasteiger partial charge in [0.1, 0.15) is 11.4 Å². The largest absolute Gasteiger partial charge is 0.496 e. The van der Waals surface area contributed by atoms with Crippen LogP contribution in [-0.2, 0) is 5.60 Å². The van der Waals surface area contributed by atoms with Gasteiger partial charge in [-0.25, -0.2) is 0 Å². The van der Waals surface area contributed by atoms with Crippen molar-refractivity contribution >= 4 is 10.9 Å². The van der Waals surface area contributed by atoms with Crippen LogP contribution >= 0.6 is 0 Å². The smallest absolute Gasteiger partial charge is 0.125 e. The third-order valence-corrected chi connectivity index (χ3v) is 3.80. The van der Waals surface area contributed by atoms with Crippen molar-refractivity contribution in [2.45, 2.75) is 12.5 Å². The van der Waals surface area contributed by atoms with Crippen molar-refractivity contribution in [3.05, 3.63) is 71.9 Å². The van der Waals surface area contributed by atoms with Gasteiger partial charge in [0.25, 0.3) is 0 Å². The first-order valence-corrected chi connectivity index (χ1v) is 6.84. The molecule has 0 amide bonds. The zero-order chi connectivity index (χ0) is 14.9. The topological polar surface area (TPSA) is 42.4 Å². The maximum absolute atomic E-state index is 11.0. The number of aliphatic hydroxyl groups is 1. The molecular formula is C18H17NO2. The molecule has 1 aromatic heterocycles. The number of benzene rings is 2. The van der Waals surface area contributed by atoms with Crippen molar-refractivity contribution in [2.75, 3.05) is 7.11 Å². The number of aromatic nitrogens is 1. The molecule has 3 nitrogen and oxygen atoms in total. The second-order valence-electron chi connectivity index (χ2n) is 5.18. The molecule has 21 heavy (non-hydrogen) atoms. The maximum Gasteiger partial charge on any atom is 0.125 e. The average molecular weight is 279 g/mol. The minimum atomic E-state index is -1.14. The fourth-order valence-electron chi connectivity index (χ4n) is 2.57. The molecule has 0 aliphatic heterocycles. The number of hydrogen-bond donors (Lipinski definition) is 1. The van der Waals surface area contributed by atoms with E-state index in [1.54, 1.807) is 20.2 Å². The summed E-state index contributed by atoms with van der Waals surface area (Å²) in [5, 5.41) is 12.1. The maximum atomic E-state index is 11.0. The fourth-order valence-corrected chi connectivity index (χ4v) is 2.57. The molecule has 1 heterocycles. The zero-order valence-electron chi connectivity index (χ0n) is 12.1. The van der Waals surface area contributed by atoms with Gasteiger partial charge in [-0.1, -0.05) is 36.4 Å². The second-order valence-corrected chi connectivity index (χ2v) is 5.18. The molecule has 0 fully saturated rings. The van der Waals surface area contributed by atoms with Crippen LogP contribution in [0.3, 0.4) is 0 Å². The Morgan fingerprint density at radius 3 is 2.67 bits per heavy atom. The first kappa shape index (κ1) is 13.6. The molecule has 3 rings (SSSR count). The molecule has 106 valence electrons. The Kier molecular flexibility index (Phi) is 3.35. The molecule has 1 N–H and O–H groups in total. The summed E-state index contributed by atoms with van der Waals surface area (Å²) < 4.78 is 5.37. The molecule has 1 atom stereocenters. The minimum Gasteiger partial charge on any atom is -0.496 e. The molecule has 0 aliphatic rings. The number of fused-ring (bicyclic) bond motifs is 1. The SMILES string of the molecule is COc1ccccc1C(C)(O)c1ccc2cccnc2c1. The molecule has 3 heteroatoms. The van der Waals surface area contributed by atoms with E-state index in [2.05, 4.69) is 4.98 Å². The van der Waals surface area contributed by atoms with Gasteiger partial charge in [0, 0.05) is 17.1 Å². The van der Waals surface area contributed by atoms with Gasteiger partial charge in [-0.2, -0.15) is 0 Å². The summed E-state index contributed by atoms with van der Waals surface area (Å²) in [4.78, 5) is 4.35. The van der Waals surface area contributed by atoms with Gasteiger partial charge >= 0.3 is 0 Å². The predicted octanol–water partition coefficient (Wildman–Crippen LogP) is 3.50. The first-order valence-electron chi connectivity index (χ1n) is 6.84. The van der Waals surface area contributed by atoms with Crippen LogP contribution in [0.15, 0.2) is 60.8 Å². The van der Waals surface area contributed by atoms with E-state index in [4.69, 9.17) is 4.74 Å². The van der Waals surface area contributed by atoms with E-state index in [0.29, 0.717) is 5.75 Å². The quantitative estimate of drug-likeness (QED) is 0.798. The first-order chi connectivity index (χ1) is 10.1. The van der Waals surface area contributed by atoms with Crippen molar-refractivity contribution < 1.29 is 9.84 Å². The standard InChI is InChI=1S/C18H17NO2/c1-18(20,15-7-3-4-8-17(15)21-2)14-10-9-13-6-5-11-19-16(13)12-14/h3-12,20H,1-2H3. The zero-order valence-corrected chi connectivity index (χ0v) is 12.1. The number of methoxy groups -OCH3 is 1. The highest BCUT2D eigenvalue weighted by molar-refractivity contribution is 5.79. The number of nitrogens with zero attached hydrogens (tertiary/aromatic N) is 1. The number of ether oxygens (including phenoxy) is 1. The average Bonchev–Trinajstić information content (AvgIpc) is 2.54. The normalized spacial score (nSPS) is 13.9. The predicted molar refractivity (Wildman–Crippen MR) is 83.4 cm³/mol. The molecule has 0 saturated carbocycles. The molecule has 0 aliphatic carbocycles. The lowest BCUT2D eigenvalue weighted by Crippen LogP contribution is -2.23. The number of rotatable bonds is 3. The highest BCUT2D eigenvalue weighted by Gasteiger charge is 2.29. The van der Waals surface area contributed by atoms with Crippen molar-refractivity contribution in [3.8, 4) is 5.75 Å². The summed E-state index contributed by atoms with van der Waals surface area (Å²) in [6, 6.07) is 17.2. The fraction of sp³-hybridized carbons (Fsp3) is 0.167. The molecule has 3 aromatic rings. The van der Waals surface area contributed by atoms with E-state index < -0.39 is 5.60 Å². The van der Waals surface area contributed by atoms with Gasteiger partial charge in [-0.15, -0.1) is 0 Å². The van der Waals surface area contributed by atoms with E-state index in [-0.39, 0.29) is 0 Å². The van der Waals surface area contributed by atoms with Crippen LogP contribution < -0.4 is 4.74 Å². The van der Waals surface area contributed by atoms with Crippen molar-refractivity contribution in [2.24, 2.45) is 0 Å². The lowest BCUT2D eigenvalue weighted by Gasteiger charge is -2.26. The lowest BCUT2D eigenvalue weighted by molar-refractivity contribution is 0.0991. The summed E-state index contributed by atoms with van der Waals surface area (Å²) >= 11 is 0.